The Balaban J connectivity index is 2.03. The molecule has 1 heterocycles. The molecule has 3 rings (SSSR count). The van der Waals surface area contributed by atoms with Crippen LogP contribution in [0.15, 0.2) is 73.3 Å². The van der Waals surface area contributed by atoms with E-state index in [4.69, 9.17) is 0 Å². The molecule has 2 aromatic rings. The molecule has 0 bridgehead atoms. The highest BCUT2D eigenvalue weighted by Crippen LogP contribution is 2.44. The second-order valence-electron chi connectivity index (χ2n) is 7.13. The van der Waals surface area contributed by atoms with E-state index >= 15 is 0 Å². The van der Waals surface area contributed by atoms with Crippen molar-refractivity contribution >= 4 is 0 Å². The predicted molar refractivity (Wildman–Crippen MR) is 98.4 cm³/mol. The molecule has 0 aliphatic carbocycles. The fourth-order valence-corrected chi connectivity index (χ4v) is 4.35. The van der Waals surface area contributed by atoms with Gasteiger partial charge >= 0.3 is 0 Å². The molecule has 0 aromatic heterocycles. The van der Waals surface area contributed by atoms with Crippen LogP contribution in [0.2, 0.25) is 0 Å². The molecule has 1 saturated heterocycles. The van der Waals surface area contributed by atoms with Crippen LogP contribution in [0.25, 0.3) is 0 Å². The first-order valence-electron chi connectivity index (χ1n) is 8.86. The Labute approximate surface area is 145 Å². The summed E-state index contributed by atoms with van der Waals surface area (Å²) in [7, 11) is 0. The molecule has 2 nitrogen and oxygen atoms in total. The van der Waals surface area contributed by atoms with E-state index in [1.54, 1.807) is 0 Å². The van der Waals surface area contributed by atoms with Crippen LogP contribution in [-0.4, -0.2) is 10.7 Å². The van der Waals surface area contributed by atoms with Crippen LogP contribution >= 0.6 is 0 Å². The van der Waals surface area contributed by atoms with Gasteiger partial charge in [0.25, 0.3) is 0 Å². The minimum Gasteiger partial charge on any atom is -0.388 e. The number of benzene rings is 2. The Bertz CT molecular complexity index is 615. The highest BCUT2D eigenvalue weighted by molar-refractivity contribution is 5.24. The molecule has 1 unspecified atom stereocenters. The summed E-state index contributed by atoms with van der Waals surface area (Å²) < 4.78 is 0. The molecular formula is C22H28NO+. The van der Waals surface area contributed by atoms with Gasteiger partial charge in [-0.2, -0.15) is 0 Å². The summed E-state index contributed by atoms with van der Waals surface area (Å²) in [5, 5.41) is 14.0. The van der Waals surface area contributed by atoms with Crippen molar-refractivity contribution in [1.29, 1.82) is 0 Å². The summed E-state index contributed by atoms with van der Waals surface area (Å²) >= 11 is 0. The van der Waals surface area contributed by atoms with E-state index < -0.39 is 5.60 Å². The first-order valence-corrected chi connectivity index (χ1v) is 8.86. The molecule has 0 radical (unpaired) electrons. The lowest BCUT2D eigenvalue weighted by Crippen LogP contribution is -2.93. The fraction of sp³-hybridized carbons (Fsp3) is 0.364. The lowest BCUT2D eigenvalue weighted by molar-refractivity contribution is -0.764. The van der Waals surface area contributed by atoms with Gasteiger partial charge in [0.15, 0.2) is 0 Å². The normalized spacial score (nSPS) is 33.1. The Morgan fingerprint density at radius 3 is 1.71 bits per heavy atom. The van der Waals surface area contributed by atoms with Crippen molar-refractivity contribution in [2.24, 2.45) is 11.8 Å². The first kappa shape index (κ1) is 16.9. The third-order valence-corrected chi connectivity index (χ3v) is 5.91. The summed E-state index contributed by atoms with van der Waals surface area (Å²) in [5.41, 5.74) is 1.80. The SMILES string of the molecule is C=CCC1(O)[C@H](C)[C@H](c2ccccc2)[NH2+][C@H](c2ccccc2)[C@@H]1C. The van der Waals surface area contributed by atoms with Crippen LogP contribution in [0.1, 0.15) is 43.5 Å². The number of aliphatic hydroxyl groups is 1. The largest absolute Gasteiger partial charge is 0.388 e. The Morgan fingerprint density at radius 2 is 1.33 bits per heavy atom. The third kappa shape index (κ3) is 2.92. The molecule has 2 heteroatoms. The van der Waals surface area contributed by atoms with E-state index in [-0.39, 0.29) is 23.9 Å². The number of hydrogen-bond acceptors (Lipinski definition) is 1. The van der Waals surface area contributed by atoms with Crippen molar-refractivity contribution < 1.29 is 10.4 Å². The van der Waals surface area contributed by atoms with Crippen molar-refractivity contribution in [1.82, 2.24) is 0 Å². The van der Waals surface area contributed by atoms with Gasteiger partial charge in [-0.05, 0) is 6.42 Å². The Morgan fingerprint density at radius 1 is 0.917 bits per heavy atom. The zero-order chi connectivity index (χ0) is 17.2. The van der Waals surface area contributed by atoms with E-state index in [1.807, 2.05) is 18.2 Å². The zero-order valence-electron chi connectivity index (χ0n) is 14.6. The number of rotatable bonds is 4. The molecule has 5 atom stereocenters. The maximum Gasteiger partial charge on any atom is 0.117 e. The third-order valence-electron chi connectivity index (χ3n) is 5.91. The first-order chi connectivity index (χ1) is 11.6. The summed E-state index contributed by atoms with van der Waals surface area (Å²) in [4.78, 5) is 0. The smallest absolute Gasteiger partial charge is 0.117 e. The zero-order valence-corrected chi connectivity index (χ0v) is 14.6. The van der Waals surface area contributed by atoms with E-state index in [2.05, 4.69) is 74.3 Å². The van der Waals surface area contributed by atoms with Crippen molar-refractivity contribution in [2.75, 3.05) is 0 Å². The van der Waals surface area contributed by atoms with E-state index in [0.29, 0.717) is 6.42 Å². The molecule has 2 aromatic carbocycles. The molecule has 126 valence electrons. The fourth-order valence-electron chi connectivity index (χ4n) is 4.35. The Kier molecular flexibility index (Phi) is 4.88. The monoisotopic (exact) mass is 322 g/mol. The second-order valence-corrected chi connectivity index (χ2v) is 7.13. The summed E-state index contributed by atoms with van der Waals surface area (Å²) in [6, 6.07) is 21.6. The number of quaternary nitrogens is 1. The van der Waals surface area contributed by atoms with Crippen LogP contribution < -0.4 is 5.32 Å². The van der Waals surface area contributed by atoms with Crippen LogP contribution in [0.3, 0.4) is 0 Å². The summed E-state index contributed by atoms with van der Waals surface area (Å²) in [6.45, 7) is 8.25. The highest BCUT2D eigenvalue weighted by Gasteiger charge is 2.53. The maximum absolute atomic E-state index is 11.6. The average molecular weight is 322 g/mol. The van der Waals surface area contributed by atoms with Crippen LogP contribution in [0.5, 0.6) is 0 Å². The van der Waals surface area contributed by atoms with Gasteiger partial charge < -0.3 is 10.4 Å². The molecule has 0 saturated carbocycles. The van der Waals surface area contributed by atoms with E-state index in [9.17, 15) is 5.11 Å². The molecular weight excluding hydrogens is 294 g/mol. The van der Waals surface area contributed by atoms with E-state index in [0.717, 1.165) is 0 Å². The lowest BCUT2D eigenvalue weighted by Gasteiger charge is -2.49. The number of nitrogens with two attached hydrogens (primary N) is 1. The van der Waals surface area contributed by atoms with Crippen molar-refractivity contribution in [2.45, 2.75) is 38.0 Å². The van der Waals surface area contributed by atoms with Gasteiger partial charge in [0.05, 0.1) is 5.60 Å². The van der Waals surface area contributed by atoms with Gasteiger partial charge in [-0.1, -0.05) is 80.6 Å². The molecule has 0 amide bonds. The number of hydrogen-bond donors (Lipinski definition) is 2. The lowest BCUT2D eigenvalue weighted by atomic mass is 9.65. The molecule has 0 spiro atoms. The van der Waals surface area contributed by atoms with E-state index in [1.165, 1.54) is 11.1 Å². The second kappa shape index (κ2) is 6.92. The van der Waals surface area contributed by atoms with Crippen LogP contribution in [0.4, 0.5) is 0 Å². The summed E-state index contributed by atoms with van der Waals surface area (Å²) in [6.07, 6.45) is 2.48. The average Bonchev–Trinajstić information content (AvgIpc) is 2.62. The van der Waals surface area contributed by atoms with Gasteiger partial charge in [0.1, 0.15) is 12.1 Å². The molecule has 1 aliphatic heterocycles. The molecule has 3 N–H and O–H groups in total. The van der Waals surface area contributed by atoms with Gasteiger partial charge in [-0.3, -0.25) is 0 Å². The van der Waals surface area contributed by atoms with Gasteiger partial charge in [0.2, 0.25) is 0 Å². The standard InChI is InChI=1S/C22H27NO/c1-4-15-22(24)16(2)20(18-11-7-5-8-12-18)23-21(17(22)3)19-13-9-6-10-14-19/h4-14,16-17,20-21,23-24H,1,15H2,2-3H3/p+1/t16-,17+,20-,21+,22?. The molecule has 24 heavy (non-hydrogen) atoms. The maximum atomic E-state index is 11.6. The van der Waals surface area contributed by atoms with Crippen LogP contribution in [0, 0.1) is 11.8 Å². The van der Waals surface area contributed by atoms with Crippen molar-refractivity contribution in [3.63, 3.8) is 0 Å². The number of piperidine rings is 1. The topological polar surface area (TPSA) is 36.8 Å². The molecule has 1 fully saturated rings. The van der Waals surface area contributed by atoms with Crippen molar-refractivity contribution in [3.8, 4) is 0 Å². The predicted octanol–water partition coefficient (Wildman–Crippen LogP) is 3.63. The summed E-state index contributed by atoms with van der Waals surface area (Å²) in [5.74, 6) is 0.292. The van der Waals surface area contributed by atoms with Gasteiger partial charge in [0, 0.05) is 23.0 Å². The highest BCUT2D eigenvalue weighted by atomic mass is 16.3. The molecule has 1 aliphatic rings. The van der Waals surface area contributed by atoms with Gasteiger partial charge in [-0.25, -0.2) is 0 Å². The van der Waals surface area contributed by atoms with Gasteiger partial charge in [-0.15, -0.1) is 6.58 Å². The van der Waals surface area contributed by atoms with Crippen LogP contribution in [-0.2, 0) is 0 Å². The Hall–Kier alpha value is -1.90. The minimum absolute atomic E-state index is 0.146. The quantitative estimate of drug-likeness (QED) is 0.829. The minimum atomic E-state index is -0.752. The van der Waals surface area contributed by atoms with Crippen molar-refractivity contribution in [3.05, 3.63) is 84.4 Å².